The Kier molecular flexibility index (Phi) is 4.11. The Hall–Kier alpha value is -1.95. The largest absolute Gasteiger partial charge is 0.290 e. The highest BCUT2D eigenvalue weighted by atomic mass is 79.9. The van der Waals surface area contributed by atoms with E-state index in [2.05, 4.69) is 31.6 Å². The summed E-state index contributed by atoms with van der Waals surface area (Å²) in [7, 11) is 1.72. The van der Waals surface area contributed by atoms with Crippen LogP contribution in [0.2, 0.25) is 0 Å². The van der Waals surface area contributed by atoms with Gasteiger partial charge in [-0.2, -0.15) is 10.2 Å². The van der Waals surface area contributed by atoms with Crippen molar-refractivity contribution in [2.75, 3.05) is 0 Å². The first-order valence-electron chi connectivity index (χ1n) is 5.67. The van der Waals surface area contributed by atoms with Gasteiger partial charge >= 0.3 is 0 Å². The van der Waals surface area contributed by atoms with Crippen LogP contribution in [0.1, 0.15) is 21.7 Å². The van der Waals surface area contributed by atoms with Crippen LogP contribution in [0.5, 0.6) is 0 Å². The number of hydrogen-bond acceptors (Lipinski definition) is 3. The van der Waals surface area contributed by atoms with E-state index in [0.717, 1.165) is 11.3 Å². The number of hydrogen-bond donors (Lipinski definition) is 1. The van der Waals surface area contributed by atoms with Crippen molar-refractivity contribution >= 4 is 28.1 Å². The molecule has 0 aliphatic heterocycles. The Morgan fingerprint density at radius 3 is 2.68 bits per heavy atom. The minimum absolute atomic E-state index is 0.304. The molecule has 0 fully saturated rings. The molecule has 0 saturated carbocycles. The summed E-state index contributed by atoms with van der Waals surface area (Å²) in [4.78, 5) is 12.0. The molecule has 2 aromatic rings. The molecule has 1 N–H and O–H groups in total. The zero-order valence-electron chi connectivity index (χ0n) is 10.6. The number of nitrogens with one attached hydrogen (secondary N) is 1. The minimum Gasteiger partial charge on any atom is -0.266 e. The summed E-state index contributed by atoms with van der Waals surface area (Å²) in [6.07, 6.45) is 1.59. The summed E-state index contributed by atoms with van der Waals surface area (Å²) in [6.45, 7) is 1.83. The molecular weight excluding hydrogens is 308 g/mol. The van der Waals surface area contributed by atoms with Crippen molar-refractivity contribution in [3.63, 3.8) is 0 Å². The van der Waals surface area contributed by atoms with Crippen LogP contribution >= 0.6 is 15.9 Å². The summed E-state index contributed by atoms with van der Waals surface area (Å²) in [5.41, 5.74) is 4.61. The van der Waals surface area contributed by atoms with Crippen molar-refractivity contribution in [1.82, 2.24) is 15.2 Å². The molecule has 98 valence electrons. The van der Waals surface area contributed by atoms with E-state index in [0.29, 0.717) is 10.2 Å². The van der Waals surface area contributed by atoms with Gasteiger partial charge in [-0.25, -0.2) is 5.43 Å². The Morgan fingerprint density at radius 2 is 2.11 bits per heavy atom. The third kappa shape index (κ3) is 3.08. The van der Waals surface area contributed by atoms with Gasteiger partial charge in [0.2, 0.25) is 0 Å². The van der Waals surface area contributed by atoms with Gasteiger partial charge in [0.15, 0.2) is 0 Å². The van der Waals surface area contributed by atoms with Crippen molar-refractivity contribution in [3.05, 3.63) is 51.8 Å². The molecule has 0 bridgehead atoms. The first-order chi connectivity index (χ1) is 9.09. The van der Waals surface area contributed by atoms with E-state index in [1.807, 2.05) is 37.3 Å². The molecule has 0 atom stereocenters. The summed E-state index contributed by atoms with van der Waals surface area (Å²) in [5.74, 6) is -0.304. The standard InChI is InChI=1S/C13H13BrN4O/c1-9-11(14)12(18(2)17-9)13(19)16-15-8-10-6-4-3-5-7-10/h3-8H,1-2H3,(H,16,19)/b15-8-. The first-order valence-corrected chi connectivity index (χ1v) is 6.46. The fourth-order valence-corrected chi connectivity index (χ4v) is 2.15. The molecule has 2 rings (SSSR count). The van der Waals surface area contributed by atoms with E-state index in [4.69, 9.17) is 0 Å². The predicted molar refractivity (Wildman–Crippen MR) is 77.1 cm³/mol. The van der Waals surface area contributed by atoms with Crippen molar-refractivity contribution in [3.8, 4) is 0 Å². The maximum Gasteiger partial charge on any atom is 0.290 e. The Morgan fingerprint density at radius 1 is 1.42 bits per heavy atom. The molecule has 1 amide bonds. The summed E-state index contributed by atoms with van der Waals surface area (Å²) in [6, 6.07) is 9.54. The van der Waals surface area contributed by atoms with E-state index in [1.54, 1.807) is 13.3 Å². The Balaban J connectivity index is 2.08. The minimum atomic E-state index is -0.304. The lowest BCUT2D eigenvalue weighted by atomic mass is 10.2. The Bertz CT molecular complexity index is 619. The van der Waals surface area contributed by atoms with Crippen LogP contribution in [-0.4, -0.2) is 21.9 Å². The smallest absolute Gasteiger partial charge is 0.266 e. The molecule has 0 unspecified atom stereocenters. The molecule has 0 saturated heterocycles. The van der Waals surface area contributed by atoms with Gasteiger partial charge in [0.05, 0.1) is 16.4 Å². The van der Waals surface area contributed by atoms with Crippen LogP contribution in [0.4, 0.5) is 0 Å². The fourth-order valence-electron chi connectivity index (χ4n) is 1.64. The number of hydrazone groups is 1. The van der Waals surface area contributed by atoms with Crippen LogP contribution in [0.3, 0.4) is 0 Å². The normalized spacial score (nSPS) is 10.9. The van der Waals surface area contributed by atoms with E-state index in [-0.39, 0.29) is 5.91 Å². The summed E-state index contributed by atoms with van der Waals surface area (Å²) in [5, 5.41) is 8.08. The van der Waals surface area contributed by atoms with Crippen LogP contribution in [-0.2, 0) is 7.05 Å². The molecule has 1 heterocycles. The molecule has 19 heavy (non-hydrogen) atoms. The van der Waals surface area contributed by atoms with Gasteiger partial charge in [-0.05, 0) is 28.4 Å². The number of carbonyl (C=O) groups is 1. The van der Waals surface area contributed by atoms with Crippen LogP contribution in [0.25, 0.3) is 0 Å². The maximum atomic E-state index is 12.0. The molecule has 0 radical (unpaired) electrons. The zero-order valence-corrected chi connectivity index (χ0v) is 12.2. The lowest BCUT2D eigenvalue weighted by Crippen LogP contribution is -2.21. The van der Waals surface area contributed by atoms with Crippen molar-refractivity contribution < 1.29 is 4.79 Å². The zero-order chi connectivity index (χ0) is 13.8. The SMILES string of the molecule is Cc1nn(C)c(C(=O)N/N=C\c2ccccc2)c1Br. The molecule has 0 aliphatic carbocycles. The number of halogens is 1. The number of aryl methyl sites for hydroxylation is 2. The van der Waals surface area contributed by atoms with Crippen LogP contribution < -0.4 is 5.43 Å². The second-order valence-electron chi connectivity index (χ2n) is 3.98. The van der Waals surface area contributed by atoms with E-state index in [9.17, 15) is 4.79 Å². The lowest BCUT2D eigenvalue weighted by Gasteiger charge is -2.00. The highest BCUT2D eigenvalue weighted by molar-refractivity contribution is 9.10. The third-order valence-corrected chi connectivity index (χ3v) is 3.49. The van der Waals surface area contributed by atoms with E-state index >= 15 is 0 Å². The predicted octanol–water partition coefficient (Wildman–Crippen LogP) is 2.25. The highest BCUT2D eigenvalue weighted by Gasteiger charge is 2.17. The van der Waals surface area contributed by atoms with Crippen molar-refractivity contribution in [1.29, 1.82) is 0 Å². The van der Waals surface area contributed by atoms with Crippen LogP contribution in [0.15, 0.2) is 39.9 Å². The highest BCUT2D eigenvalue weighted by Crippen LogP contribution is 2.19. The number of aromatic nitrogens is 2. The van der Waals surface area contributed by atoms with Gasteiger partial charge in [0.1, 0.15) is 5.69 Å². The first kappa shape index (κ1) is 13.5. The lowest BCUT2D eigenvalue weighted by molar-refractivity contribution is 0.0945. The van der Waals surface area contributed by atoms with E-state index < -0.39 is 0 Å². The maximum absolute atomic E-state index is 12.0. The van der Waals surface area contributed by atoms with Crippen molar-refractivity contribution in [2.24, 2.45) is 12.1 Å². The average Bonchev–Trinajstić information content (AvgIpc) is 2.64. The van der Waals surface area contributed by atoms with Gasteiger partial charge < -0.3 is 0 Å². The van der Waals surface area contributed by atoms with Gasteiger partial charge in [0.25, 0.3) is 5.91 Å². The third-order valence-electron chi connectivity index (χ3n) is 2.54. The monoisotopic (exact) mass is 320 g/mol. The summed E-state index contributed by atoms with van der Waals surface area (Å²) < 4.78 is 2.20. The number of benzene rings is 1. The fraction of sp³-hybridized carbons (Fsp3) is 0.154. The molecule has 0 spiro atoms. The number of amides is 1. The quantitative estimate of drug-likeness (QED) is 0.696. The molecule has 6 heteroatoms. The number of carbonyl (C=O) groups excluding carboxylic acids is 1. The topological polar surface area (TPSA) is 59.3 Å². The van der Waals surface area contributed by atoms with Crippen LogP contribution in [0, 0.1) is 6.92 Å². The van der Waals surface area contributed by atoms with E-state index in [1.165, 1.54) is 4.68 Å². The Labute approximate surface area is 119 Å². The molecule has 1 aromatic heterocycles. The average molecular weight is 321 g/mol. The van der Waals surface area contributed by atoms with Gasteiger partial charge in [-0.3, -0.25) is 9.48 Å². The molecular formula is C13H13BrN4O. The molecule has 0 aliphatic rings. The van der Waals surface area contributed by atoms with Gasteiger partial charge in [-0.15, -0.1) is 0 Å². The number of nitrogens with zero attached hydrogens (tertiary/aromatic N) is 3. The molecule has 1 aromatic carbocycles. The summed E-state index contributed by atoms with van der Waals surface area (Å²) >= 11 is 3.34. The van der Waals surface area contributed by atoms with Gasteiger partial charge in [-0.1, -0.05) is 30.3 Å². The number of rotatable bonds is 3. The second kappa shape index (κ2) is 5.79. The van der Waals surface area contributed by atoms with Crippen molar-refractivity contribution in [2.45, 2.75) is 6.92 Å². The second-order valence-corrected chi connectivity index (χ2v) is 4.77. The van der Waals surface area contributed by atoms with Gasteiger partial charge in [0, 0.05) is 7.05 Å². The molecule has 5 nitrogen and oxygen atoms in total.